The van der Waals surface area contributed by atoms with Crippen molar-refractivity contribution in [2.45, 2.75) is 25.8 Å². The van der Waals surface area contributed by atoms with Crippen LogP contribution in [0.5, 0.6) is 0 Å². The van der Waals surface area contributed by atoms with Gasteiger partial charge in [0.25, 0.3) is 0 Å². The van der Waals surface area contributed by atoms with Crippen LogP contribution in [-0.4, -0.2) is 33.6 Å². The first kappa shape index (κ1) is 18.4. The van der Waals surface area contributed by atoms with Gasteiger partial charge in [0, 0.05) is 28.6 Å². The van der Waals surface area contributed by atoms with Crippen LogP contribution in [0.2, 0.25) is 0 Å². The van der Waals surface area contributed by atoms with Crippen LogP contribution in [0.15, 0.2) is 60.9 Å². The van der Waals surface area contributed by atoms with Gasteiger partial charge in [-0.25, -0.2) is 14.8 Å². The molecule has 0 atom stereocenters. The summed E-state index contributed by atoms with van der Waals surface area (Å²) in [5.74, 6) is 0.470. The first-order chi connectivity index (χ1) is 14.7. The van der Waals surface area contributed by atoms with Gasteiger partial charge in [-0.15, -0.1) is 0 Å². The number of hydrogen-bond donors (Lipinski definition) is 2. The molecular formula is C24H22N4O2. The van der Waals surface area contributed by atoms with Gasteiger partial charge in [-0.2, -0.15) is 0 Å². The van der Waals surface area contributed by atoms with Crippen molar-refractivity contribution in [2.24, 2.45) is 0 Å². The van der Waals surface area contributed by atoms with Crippen LogP contribution in [0.25, 0.3) is 22.2 Å². The highest BCUT2D eigenvalue weighted by atomic mass is 16.5. The van der Waals surface area contributed by atoms with E-state index in [0.717, 1.165) is 40.8 Å². The monoisotopic (exact) mass is 398 g/mol. The Bertz CT molecular complexity index is 1210. The Morgan fingerprint density at radius 3 is 2.67 bits per heavy atom. The smallest absolute Gasteiger partial charge is 0.354 e. The van der Waals surface area contributed by atoms with Gasteiger partial charge in [0.15, 0.2) is 0 Å². The van der Waals surface area contributed by atoms with Gasteiger partial charge in [0.05, 0.1) is 12.3 Å². The summed E-state index contributed by atoms with van der Waals surface area (Å²) in [5, 5.41) is 4.50. The molecule has 2 heterocycles. The van der Waals surface area contributed by atoms with Crippen LogP contribution in [-0.2, 0) is 17.6 Å². The van der Waals surface area contributed by atoms with Crippen LogP contribution < -0.4 is 5.32 Å². The Morgan fingerprint density at radius 2 is 1.90 bits per heavy atom. The third kappa shape index (κ3) is 3.52. The minimum absolute atomic E-state index is 0.336. The zero-order valence-corrected chi connectivity index (χ0v) is 16.7. The SMILES string of the molecule is CCOC(=O)c1cc2ccc(-c3cc(NC4Cc5ccccc5C4)ncn3)cc2[nH]1. The lowest BCUT2D eigenvalue weighted by atomic mass is 10.1. The quantitative estimate of drug-likeness (QED) is 0.488. The highest BCUT2D eigenvalue weighted by Crippen LogP contribution is 2.27. The number of anilines is 1. The molecule has 2 N–H and O–H groups in total. The van der Waals surface area contributed by atoms with Crippen molar-refractivity contribution in [1.82, 2.24) is 15.0 Å². The van der Waals surface area contributed by atoms with Crippen molar-refractivity contribution >= 4 is 22.7 Å². The predicted octanol–water partition coefficient (Wildman–Crippen LogP) is 4.38. The van der Waals surface area contributed by atoms with E-state index in [1.54, 1.807) is 13.3 Å². The summed E-state index contributed by atoms with van der Waals surface area (Å²) < 4.78 is 5.08. The molecule has 0 fully saturated rings. The van der Waals surface area contributed by atoms with Crippen molar-refractivity contribution in [3.8, 4) is 11.3 Å². The number of hydrogen-bond acceptors (Lipinski definition) is 5. The summed E-state index contributed by atoms with van der Waals surface area (Å²) in [7, 11) is 0. The van der Waals surface area contributed by atoms with E-state index < -0.39 is 0 Å². The maximum atomic E-state index is 12.0. The Hall–Kier alpha value is -3.67. The van der Waals surface area contributed by atoms with Crippen molar-refractivity contribution in [3.63, 3.8) is 0 Å². The van der Waals surface area contributed by atoms with E-state index in [4.69, 9.17) is 4.74 Å². The molecule has 1 aliphatic rings. The number of nitrogens with one attached hydrogen (secondary N) is 2. The van der Waals surface area contributed by atoms with E-state index in [1.807, 2.05) is 30.3 Å². The summed E-state index contributed by atoms with van der Waals surface area (Å²) in [4.78, 5) is 24.0. The molecule has 0 amide bonds. The molecule has 1 aliphatic carbocycles. The number of carbonyl (C=O) groups excluding carboxylic acids is 1. The van der Waals surface area contributed by atoms with Crippen LogP contribution in [0, 0.1) is 0 Å². The number of benzene rings is 2. The van der Waals surface area contributed by atoms with Crippen LogP contribution >= 0.6 is 0 Å². The number of esters is 1. The van der Waals surface area contributed by atoms with E-state index in [1.165, 1.54) is 11.1 Å². The number of ether oxygens (including phenoxy) is 1. The van der Waals surface area contributed by atoms with Crippen molar-refractivity contribution < 1.29 is 9.53 Å². The summed E-state index contributed by atoms with van der Waals surface area (Å²) in [6.07, 6.45) is 3.59. The highest BCUT2D eigenvalue weighted by Gasteiger charge is 2.21. The maximum absolute atomic E-state index is 12.0. The second kappa shape index (κ2) is 7.63. The van der Waals surface area contributed by atoms with Gasteiger partial charge in [-0.3, -0.25) is 0 Å². The standard InChI is InChI=1S/C24H22N4O2/c1-2-30-24(29)22-12-18-8-7-17(11-21(18)28-22)20-13-23(26-14-25-20)27-19-9-15-5-3-4-6-16(15)10-19/h3-8,11-14,19,28H,2,9-10H2,1H3,(H,25,26,27). The van der Waals surface area contributed by atoms with Gasteiger partial charge < -0.3 is 15.0 Å². The number of aromatic nitrogens is 3. The third-order valence-electron chi connectivity index (χ3n) is 5.48. The molecule has 6 nitrogen and oxygen atoms in total. The molecule has 0 radical (unpaired) electrons. The average Bonchev–Trinajstić information content (AvgIpc) is 3.37. The summed E-state index contributed by atoms with van der Waals surface area (Å²) in [5.41, 5.74) is 5.92. The summed E-state index contributed by atoms with van der Waals surface area (Å²) in [6.45, 7) is 2.14. The molecule has 150 valence electrons. The first-order valence-electron chi connectivity index (χ1n) is 10.2. The lowest BCUT2D eigenvalue weighted by molar-refractivity contribution is 0.0520. The van der Waals surface area contributed by atoms with E-state index in [2.05, 4.69) is 44.5 Å². The first-order valence-corrected chi connectivity index (χ1v) is 10.2. The largest absolute Gasteiger partial charge is 0.461 e. The number of aromatic amines is 1. The molecule has 0 spiro atoms. The second-order valence-corrected chi connectivity index (χ2v) is 7.51. The molecule has 0 saturated heterocycles. The Labute approximate surface area is 174 Å². The molecule has 30 heavy (non-hydrogen) atoms. The molecule has 0 aliphatic heterocycles. The number of fused-ring (bicyclic) bond motifs is 2. The fourth-order valence-corrected chi connectivity index (χ4v) is 4.07. The van der Waals surface area contributed by atoms with Crippen LogP contribution in [0.3, 0.4) is 0 Å². The fourth-order valence-electron chi connectivity index (χ4n) is 4.07. The van der Waals surface area contributed by atoms with Crippen LogP contribution in [0.4, 0.5) is 5.82 Å². The van der Waals surface area contributed by atoms with Crippen molar-refractivity contribution in [3.05, 3.63) is 77.7 Å². The van der Waals surface area contributed by atoms with Gasteiger partial charge in [-0.05, 0) is 43.0 Å². The van der Waals surface area contributed by atoms with Crippen molar-refractivity contribution in [2.75, 3.05) is 11.9 Å². The second-order valence-electron chi connectivity index (χ2n) is 7.51. The fraction of sp³-hybridized carbons (Fsp3) is 0.208. The van der Waals surface area contributed by atoms with Gasteiger partial charge >= 0.3 is 5.97 Å². The van der Waals surface area contributed by atoms with Crippen molar-refractivity contribution in [1.29, 1.82) is 0 Å². The lowest BCUT2D eigenvalue weighted by Crippen LogP contribution is -2.20. The Balaban J connectivity index is 1.37. The average molecular weight is 398 g/mol. The van der Waals surface area contributed by atoms with Gasteiger partial charge in [0.2, 0.25) is 0 Å². The third-order valence-corrected chi connectivity index (χ3v) is 5.48. The summed E-state index contributed by atoms with van der Waals surface area (Å²) in [6, 6.07) is 18.7. The molecule has 5 rings (SSSR count). The zero-order valence-electron chi connectivity index (χ0n) is 16.7. The lowest BCUT2D eigenvalue weighted by Gasteiger charge is -2.13. The molecule has 0 unspecified atom stereocenters. The van der Waals surface area contributed by atoms with E-state index in [-0.39, 0.29) is 5.97 Å². The molecular weight excluding hydrogens is 376 g/mol. The highest BCUT2D eigenvalue weighted by molar-refractivity contribution is 5.96. The minimum Gasteiger partial charge on any atom is -0.461 e. The zero-order chi connectivity index (χ0) is 20.5. The molecule has 6 heteroatoms. The topological polar surface area (TPSA) is 79.9 Å². The van der Waals surface area contributed by atoms with E-state index in [9.17, 15) is 4.79 Å². The number of carbonyl (C=O) groups is 1. The number of nitrogens with zero attached hydrogens (tertiary/aromatic N) is 2. The van der Waals surface area contributed by atoms with Crippen LogP contribution in [0.1, 0.15) is 28.5 Å². The molecule has 4 aromatic rings. The van der Waals surface area contributed by atoms with Gasteiger partial charge in [-0.1, -0.05) is 36.4 Å². The Morgan fingerprint density at radius 1 is 1.10 bits per heavy atom. The molecule has 0 saturated carbocycles. The Kier molecular flexibility index (Phi) is 4.67. The molecule has 0 bridgehead atoms. The molecule has 2 aromatic heterocycles. The number of rotatable bonds is 5. The molecule has 2 aromatic carbocycles. The number of H-pyrrole nitrogens is 1. The summed E-state index contributed by atoms with van der Waals surface area (Å²) >= 11 is 0. The van der Waals surface area contributed by atoms with E-state index in [0.29, 0.717) is 18.3 Å². The predicted molar refractivity (Wildman–Crippen MR) is 117 cm³/mol. The van der Waals surface area contributed by atoms with Gasteiger partial charge in [0.1, 0.15) is 17.8 Å². The minimum atomic E-state index is -0.346. The van der Waals surface area contributed by atoms with E-state index >= 15 is 0 Å². The maximum Gasteiger partial charge on any atom is 0.354 e. The normalized spacial score (nSPS) is 13.4.